The summed E-state index contributed by atoms with van der Waals surface area (Å²) in [6.45, 7) is 6.39. The quantitative estimate of drug-likeness (QED) is 0.778. The molecule has 0 aromatic heterocycles. The van der Waals surface area contributed by atoms with Crippen molar-refractivity contribution in [2.24, 2.45) is 5.92 Å². The van der Waals surface area contributed by atoms with Crippen LogP contribution in [0.15, 0.2) is 0 Å². The summed E-state index contributed by atoms with van der Waals surface area (Å²) >= 11 is 1.08. The summed E-state index contributed by atoms with van der Waals surface area (Å²) in [5.41, 5.74) is 0. The molecule has 0 aliphatic heterocycles. The van der Waals surface area contributed by atoms with Gasteiger partial charge in [0.25, 0.3) is 0 Å². The molecule has 0 bridgehead atoms. The maximum Gasteiger partial charge on any atom is 0.323 e. The number of rotatable bonds is 6. The molecule has 0 radical (unpaired) electrons. The Morgan fingerprint density at radius 2 is 1.76 bits per heavy atom. The Balaban J connectivity index is 4.49. The fraction of sp³-hybridized carbons (Fsp3) is 0.727. The zero-order valence-electron chi connectivity index (χ0n) is 10.6. The van der Waals surface area contributed by atoms with Crippen molar-refractivity contribution in [3.05, 3.63) is 0 Å². The van der Waals surface area contributed by atoms with Gasteiger partial charge in [0.2, 0.25) is 5.91 Å². The van der Waals surface area contributed by atoms with Gasteiger partial charge in [-0.2, -0.15) is 0 Å². The maximum absolute atomic E-state index is 12.0. The number of carboxylic acid groups (broad SMARTS) is 1. The van der Waals surface area contributed by atoms with E-state index in [-0.39, 0.29) is 29.5 Å². The van der Waals surface area contributed by atoms with Crippen LogP contribution in [0.4, 0.5) is 0 Å². The molecule has 1 amide bonds. The molecule has 0 aromatic rings. The third kappa shape index (κ3) is 6.31. The molecule has 0 aliphatic rings. The molecule has 0 spiro atoms. The minimum Gasteiger partial charge on any atom is -0.480 e. The van der Waals surface area contributed by atoms with E-state index in [0.29, 0.717) is 5.75 Å². The Kier molecular flexibility index (Phi) is 6.87. The van der Waals surface area contributed by atoms with Crippen molar-refractivity contribution < 1.29 is 19.5 Å². The Hall–Kier alpha value is -1.04. The van der Waals surface area contributed by atoms with Crippen molar-refractivity contribution in [2.45, 2.75) is 33.7 Å². The summed E-state index contributed by atoms with van der Waals surface area (Å²) < 4.78 is 0. The molecule has 0 saturated heterocycles. The van der Waals surface area contributed by atoms with Crippen LogP contribution in [0.2, 0.25) is 0 Å². The van der Waals surface area contributed by atoms with Crippen LogP contribution in [-0.4, -0.2) is 45.3 Å². The molecule has 5 nitrogen and oxygen atoms in total. The molecule has 98 valence electrons. The summed E-state index contributed by atoms with van der Waals surface area (Å²) in [7, 11) is 0. The van der Waals surface area contributed by atoms with Crippen LogP contribution in [0, 0.1) is 5.92 Å². The van der Waals surface area contributed by atoms with Crippen molar-refractivity contribution in [3.63, 3.8) is 0 Å². The van der Waals surface area contributed by atoms with E-state index in [1.54, 1.807) is 20.8 Å². The van der Waals surface area contributed by atoms with Gasteiger partial charge < -0.3 is 10.0 Å². The maximum atomic E-state index is 12.0. The summed E-state index contributed by atoms with van der Waals surface area (Å²) in [5, 5.41) is 8.69. The second-order valence-corrected chi connectivity index (χ2v) is 5.35. The molecule has 0 heterocycles. The largest absolute Gasteiger partial charge is 0.480 e. The van der Waals surface area contributed by atoms with E-state index in [0.717, 1.165) is 11.8 Å². The number of thioether (sulfide) groups is 1. The average Bonchev–Trinajstić information content (AvgIpc) is 2.20. The van der Waals surface area contributed by atoms with E-state index in [2.05, 4.69) is 0 Å². The number of hydrogen-bond acceptors (Lipinski definition) is 4. The Bertz CT molecular complexity index is 304. The zero-order chi connectivity index (χ0) is 13.6. The van der Waals surface area contributed by atoms with E-state index in [1.807, 2.05) is 0 Å². The lowest BCUT2D eigenvalue weighted by atomic mass is 10.1. The molecule has 1 unspecified atom stereocenters. The molecule has 6 heteroatoms. The van der Waals surface area contributed by atoms with E-state index >= 15 is 0 Å². The predicted molar refractivity (Wildman–Crippen MR) is 66.8 cm³/mol. The molecule has 0 saturated carbocycles. The molecule has 0 rings (SSSR count). The number of aliphatic carboxylic acids is 1. The van der Waals surface area contributed by atoms with Gasteiger partial charge in [0.1, 0.15) is 6.54 Å². The van der Waals surface area contributed by atoms with E-state index in [1.165, 1.54) is 11.8 Å². The first kappa shape index (κ1) is 16.0. The van der Waals surface area contributed by atoms with Crippen molar-refractivity contribution >= 4 is 28.8 Å². The molecule has 0 fully saturated rings. The van der Waals surface area contributed by atoms with E-state index in [4.69, 9.17) is 5.11 Å². The lowest BCUT2D eigenvalue weighted by Gasteiger charge is -2.27. The van der Waals surface area contributed by atoms with Crippen LogP contribution in [-0.2, 0) is 14.4 Å². The average molecular weight is 261 g/mol. The first-order chi connectivity index (χ1) is 7.75. The second-order valence-electron chi connectivity index (χ2n) is 4.16. The zero-order valence-corrected chi connectivity index (χ0v) is 11.4. The highest BCUT2D eigenvalue weighted by molar-refractivity contribution is 8.13. The topological polar surface area (TPSA) is 74.7 Å². The first-order valence-electron chi connectivity index (χ1n) is 5.41. The van der Waals surface area contributed by atoms with Gasteiger partial charge in [-0.05, 0) is 13.8 Å². The molecular formula is C11H19NO4S. The molecule has 1 atom stereocenters. The first-order valence-corrected chi connectivity index (χ1v) is 6.39. The Morgan fingerprint density at radius 3 is 2.12 bits per heavy atom. The molecule has 17 heavy (non-hydrogen) atoms. The smallest absolute Gasteiger partial charge is 0.323 e. The van der Waals surface area contributed by atoms with Crippen LogP contribution in [0.1, 0.15) is 27.7 Å². The minimum absolute atomic E-state index is 0.0426. The summed E-state index contributed by atoms with van der Waals surface area (Å²) in [4.78, 5) is 34.7. The van der Waals surface area contributed by atoms with Gasteiger partial charge in [0, 0.05) is 24.6 Å². The van der Waals surface area contributed by atoms with E-state index in [9.17, 15) is 14.4 Å². The number of hydrogen-bond donors (Lipinski definition) is 1. The highest BCUT2D eigenvalue weighted by Gasteiger charge is 2.24. The number of carbonyl (C=O) groups is 3. The van der Waals surface area contributed by atoms with Crippen LogP contribution in [0.5, 0.6) is 0 Å². The number of amides is 1. The van der Waals surface area contributed by atoms with Gasteiger partial charge in [-0.15, -0.1) is 0 Å². The number of carbonyl (C=O) groups excluding carboxylic acids is 2. The predicted octanol–water partition coefficient (Wildman–Crippen LogP) is 1.22. The van der Waals surface area contributed by atoms with Gasteiger partial charge >= 0.3 is 5.97 Å². The second kappa shape index (κ2) is 7.32. The summed E-state index contributed by atoms with van der Waals surface area (Å²) in [5.74, 6) is -1.22. The fourth-order valence-electron chi connectivity index (χ4n) is 1.26. The summed E-state index contributed by atoms with van der Waals surface area (Å²) in [6, 6.07) is -0.164. The minimum atomic E-state index is -1.03. The van der Waals surface area contributed by atoms with Gasteiger partial charge in [-0.1, -0.05) is 18.7 Å². The van der Waals surface area contributed by atoms with Crippen LogP contribution in [0.3, 0.4) is 0 Å². The highest BCUT2D eigenvalue weighted by Crippen LogP contribution is 2.13. The normalized spacial score (nSPS) is 12.3. The monoisotopic (exact) mass is 261 g/mol. The van der Waals surface area contributed by atoms with Gasteiger partial charge in [0.15, 0.2) is 5.12 Å². The Labute approximate surface area is 106 Å². The number of nitrogens with zero attached hydrogens (tertiary/aromatic N) is 1. The van der Waals surface area contributed by atoms with Crippen molar-refractivity contribution in [3.8, 4) is 0 Å². The van der Waals surface area contributed by atoms with Gasteiger partial charge in [-0.3, -0.25) is 14.4 Å². The lowest BCUT2D eigenvalue weighted by Crippen LogP contribution is -2.43. The Morgan fingerprint density at radius 1 is 1.24 bits per heavy atom. The van der Waals surface area contributed by atoms with Crippen LogP contribution < -0.4 is 0 Å². The molecule has 0 aromatic carbocycles. The van der Waals surface area contributed by atoms with Crippen molar-refractivity contribution in [1.82, 2.24) is 4.90 Å². The molecule has 1 N–H and O–H groups in total. The molecule has 0 aliphatic carbocycles. The van der Waals surface area contributed by atoms with Crippen molar-refractivity contribution in [1.29, 1.82) is 0 Å². The third-order valence-electron chi connectivity index (χ3n) is 2.17. The van der Waals surface area contributed by atoms with Crippen LogP contribution in [0.25, 0.3) is 0 Å². The number of carboxylic acids is 1. The fourth-order valence-corrected chi connectivity index (χ4v) is 1.88. The van der Waals surface area contributed by atoms with Crippen LogP contribution >= 0.6 is 11.8 Å². The standard InChI is InChI=1S/C11H19NO4S/c1-7(2)12(5-10(14)15)11(16)8(3)6-17-9(4)13/h7-8H,5-6H2,1-4H3,(H,14,15). The third-order valence-corrected chi connectivity index (χ3v) is 3.24. The summed E-state index contributed by atoms with van der Waals surface area (Å²) in [6.07, 6.45) is 0. The highest BCUT2D eigenvalue weighted by atomic mass is 32.2. The van der Waals surface area contributed by atoms with Gasteiger partial charge in [0.05, 0.1) is 0 Å². The molecular weight excluding hydrogens is 242 g/mol. The van der Waals surface area contributed by atoms with Gasteiger partial charge in [-0.25, -0.2) is 0 Å². The van der Waals surface area contributed by atoms with E-state index < -0.39 is 5.97 Å². The SMILES string of the molecule is CC(=O)SCC(C)C(=O)N(CC(=O)O)C(C)C. The lowest BCUT2D eigenvalue weighted by molar-refractivity contribution is -0.147. The van der Waals surface area contributed by atoms with Crippen molar-refractivity contribution in [2.75, 3.05) is 12.3 Å².